The average molecular weight is 395 g/mol. The van der Waals surface area contributed by atoms with E-state index in [1.165, 1.54) is 31.0 Å². The van der Waals surface area contributed by atoms with Gasteiger partial charge in [-0.25, -0.2) is 0 Å². The molecular weight excluding hydrogens is 373 g/mol. The molecule has 2 atom stereocenters. The van der Waals surface area contributed by atoms with Crippen LogP contribution in [0.25, 0.3) is 0 Å². The van der Waals surface area contributed by atoms with E-state index >= 15 is 0 Å². The van der Waals surface area contributed by atoms with E-state index in [0.717, 1.165) is 12.8 Å². The monoisotopic (exact) mass is 394 g/mol. The van der Waals surface area contributed by atoms with Gasteiger partial charge in [-0.3, -0.25) is 4.79 Å². The molecule has 1 aromatic carbocycles. The predicted octanol–water partition coefficient (Wildman–Crippen LogP) is 3.90. The van der Waals surface area contributed by atoms with Crippen LogP contribution in [0.1, 0.15) is 37.7 Å². The summed E-state index contributed by atoms with van der Waals surface area (Å²) < 4.78 is 29.3. The Bertz CT molecular complexity index is 592. The second-order valence-electron chi connectivity index (χ2n) is 6.59. The first-order valence-electron chi connectivity index (χ1n) is 8.25. The van der Waals surface area contributed by atoms with E-state index in [4.69, 9.17) is 11.6 Å². The maximum absolute atomic E-state index is 12.4. The van der Waals surface area contributed by atoms with Crippen molar-refractivity contribution in [3.63, 3.8) is 0 Å². The van der Waals surface area contributed by atoms with E-state index in [2.05, 4.69) is 15.4 Å². The Morgan fingerprint density at radius 1 is 1.32 bits per heavy atom. The minimum absolute atomic E-state index is 0. The van der Waals surface area contributed by atoms with Crippen molar-refractivity contribution in [1.29, 1.82) is 0 Å². The van der Waals surface area contributed by atoms with Gasteiger partial charge in [-0.05, 0) is 49.8 Å². The first-order valence-corrected chi connectivity index (χ1v) is 8.63. The van der Waals surface area contributed by atoms with E-state index < -0.39 is 6.61 Å². The van der Waals surface area contributed by atoms with Crippen molar-refractivity contribution in [2.75, 3.05) is 0 Å². The Labute approximate surface area is 157 Å². The first kappa shape index (κ1) is 20.2. The van der Waals surface area contributed by atoms with Crippen LogP contribution in [0, 0.1) is 5.92 Å². The molecule has 2 fully saturated rings. The molecule has 0 saturated carbocycles. The Hall–Kier alpha value is -1.11. The maximum Gasteiger partial charge on any atom is 0.387 e. The normalized spacial score (nSPS) is 24.7. The summed E-state index contributed by atoms with van der Waals surface area (Å²) in [4.78, 5) is 12.2. The highest BCUT2D eigenvalue weighted by Gasteiger charge is 2.34. The third-order valence-electron chi connectivity index (χ3n) is 4.76. The first-order chi connectivity index (χ1) is 11.5. The van der Waals surface area contributed by atoms with Crippen LogP contribution in [-0.4, -0.2) is 24.6 Å². The molecule has 0 aliphatic carbocycles. The van der Waals surface area contributed by atoms with Gasteiger partial charge in [-0.15, -0.1) is 12.4 Å². The molecular formula is C17H22Cl2F2N2O2. The van der Waals surface area contributed by atoms with Crippen molar-refractivity contribution in [1.82, 2.24) is 10.6 Å². The number of hydrogen-bond donors (Lipinski definition) is 2. The molecule has 25 heavy (non-hydrogen) atoms. The number of carbonyl (C=O) groups is 1. The number of alkyl halides is 2. The summed E-state index contributed by atoms with van der Waals surface area (Å²) >= 11 is 5.90. The SMILES string of the molecule is Cl.O=C(CC1CC2CCC(C1)N2)NCc1cc(Cl)ccc1OC(F)F. The molecule has 2 bridgehead atoms. The van der Waals surface area contributed by atoms with Gasteiger partial charge in [0.05, 0.1) is 0 Å². The number of ether oxygens (including phenoxy) is 1. The van der Waals surface area contributed by atoms with Gasteiger partial charge >= 0.3 is 6.61 Å². The summed E-state index contributed by atoms with van der Waals surface area (Å²) in [5.74, 6) is 0.360. The average Bonchev–Trinajstić information content (AvgIpc) is 2.86. The minimum atomic E-state index is -2.91. The summed E-state index contributed by atoms with van der Waals surface area (Å²) in [6.45, 7) is -2.79. The fourth-order valence-corrected chi connectivity index (χ4v) is 3.96. The lowest BCUT2D eigenvalue weighted by atomic mass is 9.89. The van der Waals surface area contributed by atoms with E-state index in [1.807, 2.05) is 0 Å². The summed E-state index contributed by atoms with van der Waals surface area (Å²) in [6, 6.07) is 5.49. The molecule has 2 aliphatic rings. The molecule has 3 rings (SSSR count). The van der Waals surface area contributed by atoms with Gasteiger partial charge in [0.15, 0.2) is 0 Å². The number of amides is 1. The number of halogens is 4. The molecule has 1 aromatic rings. The van der Waals surface area contributed by atoms with E-state index in [-0.39, 0.29) is 30.6 Å². The van der Waals surface area contributed by atoms with Crippen LogP contribution in [0.2, 0.25) is 5.02 Å². The van der Waals surface area contributed by atoms with Gasteiger partial charge in [0.1, 0.15) is 5.75 Å². The third-order valence-corrected chi connectivity index (χ3v) is 4.99. The smallest absolute Gasteiger partial charge is 0.387 e. The van der Waals surface area contributed by atoms with Crippen molar-refractivity contribution < 1.29 is 18.3 Å². The number of nitrogens with one attached hydrogen (secondary N) is 2. The molecule has 0 radical (unpaired) electrons. The zero-order valence-corrected chi connectivity index (χ0v) is 15.2. The van der Waals surface area contributed by atoms with Crippen molar-refractivity contribution in [2.24, 2.45) is 5.92 Å². The maximum atomic E-state index is 12.4. The van der Waals surface area contributed by atoms with Crippen LogP contribution >= 0.6 is 24.0 Å². The minimum Gasteiger partial charge on any atom is -0.434 e. The van der Waals surface area contributed by atoms with Crippen molar-refractivity contribution in [2.45, 2.75) is 57.3 Å². The number of piperidine rings is 1. The van der Waals surface area contributed by atoms with Crippen molar-refractivity contribution in [3.05, 3.63) is 28.8 Å². The molecule has 2 saturated heterocycles. The standard InChI is InChI=1S/C17H21ClF2N2O2.ClH/c18-12-1-4-15(24-17(19)20)11(8-12)9-21-16(23)7-10-5-13-2-3-14(6-10)22-13;/h1,4,8,10,13-14,17,22H,2-3,5-7,9H2,(H,21,23);1H. The summed E-state index contributed by atoms with van der Waals surface area (Å²) in [5.41, 5.74) is 0.446. The molecule has 2 aliphatic heterocycles. The highest BCUT2D eigenvalue weighted by molar-refractivity contribution is 6.30. The van der Waals surface area contributed by atoms with Gasteiger partial charge in [-0.2, -0.15) is 8.78 Å². The number of rotatable bonds is 6. The van der Waals surface area contributed by atoms with Crippen molar-refractivity contribution in [3.8, 4) is 5.75 Å². The Morgan fingerprint density at radius 3 is 2.64 bits per heavy atom. The molecule has 0 spiro atoms. The topological polar surface area (TPSA) is 50.4 Å². The number of fused-ring (bicyclic) bond motifs is 2. The van der Waals surface area contributed by atoms with Gasteiger partial charge in [0, 0.05) is 35.6 Å². The largest absolute Gasteiger partial charge is 0.434 e. The Balaban J connectivity index is 0.00000225. The summed E-state index contributed by atoms with van der Waals surface area (Å²) in [6.07, 6.45) is 4.92. The van der Waals surface area contributed by atoms with Gasteiger partial charge in [-0.1, -0.05) is 11.6 Å². The van der Waals surface area contributed by atoms with Crippen molar-refractivity contribution >= 4 is 29.9 Å². The molecule has 140 valence electrons. The Kier molecular flexibility index (Phi) is 7.28. The molecule has 4 nitrogen and oxygen atoms in total. The van der Waals surface area contributed by atoms with Crippen LogP contribution in [0.4, 0.5) is 8.78 Å². The molecule has 2 heterocycles. The molecule has 8 heteroatoms. The fraction of sp³-hybridized carbons (Fsp3) is 0.588. The molecule has 1 amide bonds. The molecule has 2 N–H and O–H groups in total. The van der Waals surface area contributed by atoms with Crippen LogP contribution < -0.4 is 15.4 Å². The van der Waals surface area contributed by atoms with E-state index in [9.17, 15) is 13.6 Å². The number of hydrogen-bond acceptors (Lipinski definition) is 3. The lowest BCUT2D eigenvalue weighted by Crippen LogP contribution is -2.39. The van der Waals surface area contributed by atoms with E-state index in [1.54, 1.807) is 0 Å². The van der Waals surface area contributed by atoms with Crippen LogP contribution in [0.3, 0.4) is 0 Å². The van der Waals surface area contributed by atoms with Crippen LogP contribution in [-0.2, 0) is 11.3 Å². The fourth-order valence-electron chi connectivity index (χ4n) is 3.77. The van der Waals surface area contributed by atoms with E-state index in [0.29, 0.717) is 35.0 Å². The predicted molar refractivity (Wildman–Crippen MR) is 94.5 cm³/mol. The Morgan fingerprint density at radius 2 is 2.00 bits per heavy atom. The highest BCUT2D eigenvalue weighted by atomic mass is 35.5. The summed E-state index contributed by atoms with van der Waals surface area (Å²) in [5, 5.41) is 6.76. The zero-order valence-electron chi connectivity index (χ0n) is 13.6. The number of benzene rings is 1. The second kappa shape index (κ2) is 9.01. The van der Waals surface area contributed by atoms with Crippen LogP contribution in [0.15, 0.2) is 18.2 Å². The zero-order chi connectivity index (χ0) is 17.1. The third kappa shape index (κ3) is 5.69. The number of carbonyl (C=O) groups excluding carboxylic acids is 1. The lowest BCUT2D eigenvalue weighted by molar-refractivity contribution is -0.122. The van der Waals surface area contributed by atoms with Crippen LogP contribution in [0.5, 0.6) is 5.75 Å². The lowest BCUT2D eigenvalue weighted by Gasteiger charge is -2.28. The highest BCUT2D eigenvalue weighted by Crippen LogP contribution is 2.32. The summed E-state index contributed by atoms with van der Waals surface area (Å²) in [7, 11) is 0. The molecule has 0 aromatic heterocycles. The molecule has 2 unspecified atom stereocenters. The quantitative estimate of drug-likeness (QED) is 0.768. The second-order valence-corrected chi connectivity index (χ2v) is 7.02. The van der Waals surface area contributed by atoms with Gasteiger partial charge < -0.3 is 15.4 Å². The van der Waals surface area contributed by atoms with Gasteiger partial charge in [0.25, 0.3) is 0 Å². The van der Waals surface area contributed by atoms with Gasteiger partial charge in [0.2, 0.25) is 5.91 Å².